The molecule has 1 unspecified atom stereocenters. The number of benzene rings is 3. The largest absolute Gasteiger partial charge is 0.354 e. The van der Waals surface area contributed by atoms with E-state index in [9.17, 15) is 18.0 Å². The summed E-state index contributed by atoms with van der Waals surface area (Å²) in [5.74, 6) is -0.708. The monoisotopic (exact) mass is 613 g/mol. The molecule has 0 aliphatic rings. The first-order chi connectivity index (χ1) is 18.7. The van der Waals surface area contributed by atoms with Gasteiger partial charge in [0.15, 0.2) is 0 Å². The van der Waals surface area contributed by atoms with E-state index < -0.39 is 28.5 Å². The van der Waals surface area contributed by atoms with Crippen LogP contribution >= 0.6 is 15.9 Å². The van der Waals surface area contributed by atoms with Gasteiger partial charge in [-0.3, -0.25) is 13.9 Å². The van der Waals surface area contributed by atoms with Crippen LogP contribution < -0.4 is 9.62 Å². The summed E-state index contributed by atoms with van der Waals surface area (Å²) < 4.78 is 29.4. The fourth-order valence-corrected chi connectivity index (χ4v) is 6.13. The number of halogens is 1. The van der Waals surface area contributed by atoms with Gasteiger partial charge in [-0.2, -0.15) is 0 Å². The third kappa shape index (κ3) is 8.16. The van der Waals surface area contributed by atoms with Crippen LogP contribution in [-0.2, 0) is 26.2 Å². The Morgan fingerprint density at radius 1 is 0.949 bits per heavy atom. The molecule has 0 fully saturated rings. The van der Waals surface area contributed by atoms with Gasteiger partial charge in [0.1, 0.15) is 12.6 Å². The van der Waals surface area contributed by atoms with Crippen molar-refractivity contribution in [3.63, 3.8) is 0 Å². The molecule has 9 heteroatoms. The van der Waals surface area contributed by atoms with Crippen LogP contribution in [0.5, 0.6) is 0 Å². The molecule has 39 heavy (non-hydrogen) atoms. The van der Waals surface area contributed by atoms with Crippen LogP contribution in [0.3, 0.4) is 0 Å². The zero-order chi connectivity index (χ0) is 28.4. The van der Waals surface area contributed by atoms with Crippen LogP contribution in [0.25, 0.3) is 0 Å². The standard InChI is InChI=1S/C30H36BrN3O4S/c1-4-6-18-32-30(36)28(5-2)33(21-24-13-10-12-23(3)19-24)29(35)22-34(26-15-11-14-25(31)20-26)39(37,38)27-16-8-7-9-17-27/h7-17,19-20,28H,4-6,18,21-22H2,1-3H3,(H,32,36). The minimum atomic E-state index is -4.08. The molecule has 0 aliphatic carbocycles. The van der Waals surface area contributed by atoms with Crippen molar-refractivity contribution in [3.8, 4) is 0 Å². The molecule has 0 heterocycles. The fourth-order valence-electron chi connectivity index (χ4n) is 4.31. The van der Waals surface area contributed by atoms with Crippen molar-refractivity contribution < 1.29 is 18.0 Å². The first kappa shape index (κ1) is 30.4. The molecule has 3 aromatic carbocycles. The van der Waals surface area contributed by atoms with E-state index in [1.54, 1.807) is 42.5 Å². The van der Waals surface area contributed by atoms with Crippen molar-refractivity contribution in [2.75, 3.05) is 17.4 Å². The Morgan fingerprint density at radius 2 is 1.67 bits per heavy atom. The van der Waals surface area contributed by atoms with Crippen molar-refractivity contribution in [3.05, 3.63) is 94.5 Å². The van der Waals surface area contributed by atoms with Crippen molar-refractivity contribution in [1.29, 1.82) is 0 Å². The second-order valence-electron chi connectivity index (χ2n) is 9.38. The molecular formula is C30H36BrN3O4S. The van der Waals surface area contributed by atoms with Gasteiger partial charge in [-0.15, -0.1) is 0 Å². The molecule has 3 aromatic rings. The van der Waals surface area contributed by atoms with Gasteiger partial charge >= 0.3 is 0 Å². The summed E-state index contributed by atoms with van der Waals surface area (Å²) in [5, 5.41) is 2.94. The predicted molar refractivity (Wildman–Crippen MR) is 159 cm³/mol. The van der Waals surface area contributed by atoms with E-state index in [0.717, 1.165) is 28.3 Å². The fraction of sp³-hybridized carbons (Fsp3) is 0.333. The zero-order valence-electron chi connectivity index (χ0n) is 22.6. The van der Waals surface area contributed by atoms with Crippen LogP contribution in [0, 0.1) is 6.92 Å². The van der Waals surface area contributed by atoms with Gasteiger partial charge in [-0.25, -0.2) is 8.42 Å². The zero-order valence-corrected chi connectivity index (χ0v) is 25.0. The van der Waals surface area contributed by atoms with E-state index >= 15 is 0 Å². The molecule has 1 atom stereocenters. The van der Waals surface area contributed by atoms with Crippen molar-refractivity contribution in [2.24, 2.45) is 0 Å². The number of anilines is 1. The number of hydrogen-bond acceptors (Lipinski definition) is 4. The smallest absolute Gasteiger partial charge is 0.264 e. The molecule has 2 amide bonds. The highest BCUT2D eigenvalue weighted by molar-refractivity contribution is 9.10. The number of amides is 2. The van der Waals surface area contributed by atoms with Crippen LogP contribution in [0.1, 0.15) is 44.2 Å². The summed E-state index contributed by atoms with van der Waals surface area (Å²) in [5.41, 5.74) is 2.24. The van der Waals surface area contributed by atoms with Crippen LogP contribution in [0.2, 0.25) is 0 Å². The molecule has 0 bridgehead atoms. The first-order valence-corrected chi connectivity index (χ1v) is 15.4. The number of hydrogen-bond donors (Lipinski definition) is 1. The number of sulfonamides is 1. The summed E-state index contributed by atoms with van der Waals surface area (Å²) >= 11 is 3.41. The van der Waals surface area contributed by atoms with Gasteiger partial charge in [0.05, 0.1) is 10.6 Å². The molecule has 0 aromatic heterocycles. The summed E-state index contributed by atoms with van der Waals surface area (Å²) in [7, 11) is -4.08. The van der Waals surface area contributed by atoms with Crippen molar-refractivity contribution >= 4 is 43.5 Å². The van der Waals surface area contributed by atoms with Crippen molar-refractivity contribution in [1.82, 2.24) is 10.2 Å². The third-order valence-corrected chi connectivity index (χ3v) is 8.64. The van der Waals surface area contributed by atoms with Crippen molar-refractivity contribution in [2.45, 2.75) is 57.5 Å². The number of unbranched alkanes of at least 4 members (excludes halogenated alkanes) is 1. The second kappa shape index (κ2) is 14.3. The molecule has 0 saturated heterocycles. The predicted octanol–water partition coefficient (Wildman–Crippen LogP) is 5.68. The highest BCUT2D eigenvalue weighted by Crippen LogP contribution is 2.27. The first-order valence-electron chi connectivity index (χ1n) is 13.1. The Bertz CT molecular complexity index is 1370. The third-order valence-electron chi connectivity index (χ3n) is 6.36. The summed E-state index contributed by atoms with van der Waals surface area (Å²) in [6, 6.07) is 21.8. The highest BCUT2D eigenvalue weighted by Gasteiger charge is 2.33. The second-order valence-corrected chi connectivity index (χ2v) is 12.2. The Balaban J connectivity index is 2.02. The van der Waals surface area contributed by atoms with Crippen LogP contribution in [-0.4, -0.2) is 44.3 Å². The quantitative estimate of drug-likeness (QED) is 0.251. The Morgan fingerprint density at radius 3 is 2.31 bits per heavy atom. The van der Waals surface area contributed by atoms with Gasteiger partial charge < -0.3 is 10.2 Å². The average Bonchev–Trinajstić information content (AvgIpc) is 2.92. The Labute approximate surface area is 240 Å². The lowest BCUT2D eigenvalue weighted by Crippen LogP contribution is -2.52. The minimum absolute atomic E-state index is 0.0763. The molecule has 208 valence electrons. The molecular weight excluding hydrogens is 578 g/mol. The number of carbonyl (C=O) groups is 2. The average molecular weight is 615 g/mol. The lowest BCUT2D eigenvalue weighted by Gasteiger charge is -2.33. The Hall–Kier alpha value is -3.17. The normalized spacial score (nSPS) is 12.0. The molecule has 0 aliphatic heterocycles. The molecule has 7 nitrogen and oxygen atoms in total. The molecule has 0 spiro atoms. The number of carbonyl (C=O) groups excluding carboxylic acids is 2. The molecule has 0 radical (unpaired) electrons. The minimum Gasteiger partial charge on any atom is -0.354 e. The van der Waals surface area contributed by atoms with Gasteiger partial charge in [0.2, 0.25) is 11.8 Å². The summed E-state index contributed by atoms with van der Waals surface area (Å²) in [6.45, 7) is 6.10. The maximum atomic E-state index is 14.0. The maximum Gasteiger partial charge on any atom is 0.264 e. The summed E-state index contributed by atoms with van der Waals surface area (Å²) in [6.07, 6.45) is 2.15. The molecule has 1 N–H and O–H groups in total. The summed E-state index contributed by atoms with van der Waals surface area (Å²) in [4.78, 5) is 28.8. The number of nitrogens with one attached hydrogen (secondary N) is 1. The van der Waals surface area contributed by atoms with E-state index in [1.165, 1.54) is 17.0 Å². The van der Waals surface area contributed by atoms with Gasteiger partial charge in [0.25, 0.3) is 10.0 Å². The van der Waals surface area contributed by atoms with Crippen LogP contribution in [0.4, 0.5) is 5.69 Å². The SMILES string of the molecule is CCCCNC(=O)C(CC)N(Cc1cccc(C)c1)C(=O)CN(c1cccc(Br)c1)S(=O)(=O)c1ccccc1. The lowest BCUT2D eigenvalue weighted by molar-refractivity contribution is -0.140. The number of rotatable bonds is 13. The van der Waals surface area contributed by atoms with E-state index in [2.05, 4.69) is 21.2 Å². The Kier molecular flexibility index (Phi) is 11.1. The van der Waals surface area contributed by atoms with E-state index in [-0.39, 0.29) is 17.3 Å². The molecule has 0 saturated carbocycles. The number of nitrogens with zero attached hydrogens (tertiary/aromatic N) is 2. The lowest BCUT2D eigenvalue weighted by atomic mass is 10.1. The van der Waals surface area contributed by atoms with E-state index in [0.29, 0.717) is 23.1 Å². The van der Waals surface area contributed by atoms with Gasteiger partial charge in [0, 0.05) is 17.6 Å². The maximum absolute atomic E-state index is 14.0. The van der Waals surface area contributed by atoms with Gasteiger partial charge in [-0.1, -0.05) is 90.3 Å². The molecule has 3 rings (SSSR count). The van der Waals surface area contributed by atoms with E-state index in [4.69, 9.17) is 0 Å². The number of aryl methyl sites for hydroxylation is 1. The van der Waals surface area contributed by atoms with Gasteiger partial charge in [-0.05, 0) is 55.7 Å². The van der Waals surface area contributed by atoms with Crippen LogP contribution in [0.15, 0.2) is 88.2 Å². The van der Waals surface area contributed by atoms with E-state index in [1.807, 2.05) is 45.0 Å². The topological polar surface area (TPSA) is 86.8 Å². The highest BCUT2D eigenvalue weighted by atomic mass is 79.9.